The van der Waals surface area contributed by atoms with Gasteiger partial charge in [-0.1, -0.05) is 0 Å². The van der Waals surface area contributed by atoms with E-state index in [2.05, 4.69) is 4.98 Å². The van der Waals surface area contributed by atoms with Crippen LogP contribution in [0, 0.1) is 5.82 Å². The lowest BCUT2D eigenvalue weighted by Gasteiger charge is -2.38. The van der Waals surface area contributed by atoms with Crippen molar-refractivity contribution >= 4 is 27.1 Å². The maximum Gasteiger partial charge on any atom is 0.298 e. The number of sulfonamides is 1. The van der Waals surface area contributed by atoms with Gasteiger partial charge in [-0.15, -0.1) is 0 Å². The van der Waals surface area contributed by atoms with Crippen LogP contribution in [0.5, 0.6) is 0 Å². The van der Waals surface area contributed by atoms with Crippen LogP contribution >= 0.6 is 0 Å². The second-order valence-corrected chi connectivity index (χ2v) is 7.67. The van der Waals surface area contributed by atoms with Crippen molar-refractivity contribution in [2.75, 3.05) is 30.3 Å². The number of aromatic nitrogens is 1. The molecule has 1 aliphatic rings. The number of nitrogens with zero attached hydrogens (tertiary/aromatic N) is 3. The molecule has 0 spiro atoms. The van der Waals surface area contributed by atoms with Gasteiger partial charge in [0, 0.05) is 31.7 Å². The summed E-state index contributed by atoms with van der Waals surface area (Å²) in [6.45, 7) is 4.85. The van der Waals surface area contributed by atoms with E-state index in [0.717, 1.165) is 0 Å². The van der Waals surface area contributed by atoms with Crippen molar-refractivity contribution in [1.82, 2.24) is 9.29 Å². The number of anilines is 1. The van der Waals surface area contributed by atoms with E-state index in [1.54, 1.807) is 13.0 Å². The van der Waals surface area contributed by atoms with Crippen LogP contribution in [0.1, 0.15) is 13.8 Å². The lowest BCUT2D eigenvalue weighted by Crippen LogP contribution is -2.54. The molecule has 3 rings (SSSR count). The molecule has 0 saturated carbocycles. The van der Waals surface area contributed by atoms with Crippen LogP contribution in [-0.2, 0) is 10.0 Å². The van der Waals surface area contributed by atoms with Gasteiger partial charge in [0.2, 0.25) is 10.0 Å². The third-order valence-electron chi connectivity index (χ3n) is 3.93. The number of hydrogen-bond acceptors (Lipinski definition) is 5. The zero-order valence-electron chi connectivity index (χ0n) is 12.5. The lowest BCUT2D eigenvalue weighted by atomic mass is 10.2. The number of halogens is 1. The van der Waals surface area contributed by atoms with Crippen LogP contribution in [0.15, 0.2) is 22.6 Å². The average molecular weight is 327 g/mol. The zero-order chi connectivity index (χ0) is 15.9. The maximum atomic E-state index is 13.2. The zero-order valence-corrected chi connectivity index (χ0v) is 13.3. The molecule has 6 nitrogen and oxygen atoms in total. The van der Waals surface area contributed by atoms with Crippen LogP contribution in [0.2, 0.25) is 0 Å². The van der Waals surface area contributed by atoms with Gasteiger partial charge in [-0.3, -0.25) is 0 Å². The van der Waals surface area contributed by atoms with Gasteiger partial charge in [0.15, 0.2) is 5.58 Å². The number of fused-ring (bicyclic) bond motifs is 1. The highest BCUT2D eigenvalue weighted by Gasteiger charge is 2.32. The summed E-state index contributed by atoms with van der Waals surface area (Å²) in [5.41, 5.74) is 0.984. The number of benzene rings is 1. The first kappa shape index (κ1) is 15.2. The molecule has 1 fully saturated rings. The van der Waals surface area contributed by atoms with Gasteiger partial charge >= 0.3 is 0 Å². The van der Waals surface area contributed by atoms with E-state index in [1.807, 2.05) is 11.8 Å². The summed E-state index contributed by atoms with van der Waals surface area (Å²) < 4.78 is 44.2. The van der Waals surface area contributed by atoms with Crippen LogP contribution < -0.4 is 4.90 Å². The van der Waals surface area contributed by atoms with E-state index in [9.17, 15) is 12.8 Å². The standard InChI is InChI=1S/C14H18FN3O3S/c1-3-22(19,20)17-6-7-18(10(2)9-17)14-16-12-5-4-11(15)8-13(12)21-14/h4-5,8,10H,3,6-7,9H2,1-2H3/t10-/m1/s1. The van der Waals surface area contributed by atoms with Gasteiger partial charge in [-0.25, -0.2) is 12.8 Å². The predicted octanol–water partition coefficient (Wildman–Crippen LogP) is 1.83. The van der Waals surface area contributed by atoms with Gasteiger partial charge in [0.05, 0.1) is 5.75 Å². The van der Waals surface area contributed by atoms with E-state index in [4.69, 9.17) is 4.42 Å². The first-order valence-corrected chi connectivity index (χ1v) is 8.82. The fourth-order valence-corrected chi connectivity index (χ4v) is 3.82. The summed E-state index contributed by atoms with van der Waals surface area (Å²) in [4.78, 5) is 6.28. The number of hydrogen-bond donors (Lipinski definition) is 0. The topological polar surface area (TPSA) is 66.7 Å². The van der Waals surface area contributed by atoms with Crippen molar-refractivity contribution < 1.29 is 17.2 Å². The molecule has 0 aliphatic carbocycles. The molecule has 8 heteroatoms. The lowest BCUT2D eigenvalue weighted by molar-refractivity contribution is 0.331. The molecule has 0 unspecified atom stereocenters. The van der Waals surface area contributed by atoms with Crippen LogP contribution in [0.4, 0.5) is 10.4 Å². The Balaban J connectivity index is 1.83. The monoisotopic (exact) mass is 327 g/mol. The molecule has 0 radical (unpaired) electrons. The highest BCUT2D eigenvalue weighted by Crippen LogP contribution is 2.26. The summed E-state index contributed by atoms with van der Waals surface area (Å²) >= 11 is 0. The van der Waals surface area contributed by atoms with Gasteiger partial charge < -0.3 is 9.32 Å². The average Bonchev–Trinajstić information content (AvgIpc) is 2.89. The minimum absolute atomic E-state index is 0.0621. The first-order valence-electron chi connectivity index (χ1n) is 7.21. The molecule has 2 heterocycles. The molecule has 0 amide bonds. The smallest absolute Gasteiger partial charge is 0.298 e. The highest BCUT2D eigenvalue weighted by atomic mass is 32.2. The van der Waals surface area contributed by atoms with Crippen molar-refractivity contribution in [3.05, 3.63) is 24.0 Å². The summed E-state index contributed by atoms with van der Waals surface area (Å²) in [6, 6.07) is 4.55. The second kappa shape index (κ2) is 5.51. The van der Waals surface area contributed by atoms with Gasteiger partial charge in [-0.05, 0) is 26.0 Å². The Kier molecular flexibility index (Phi) is 3.82. The van der Waals surface area contributed by atoms with Crippen molar-refractivity contribution in [2.24, 2.45) is 0 Å². The van der Waals surface area contributed by atoms with E-state index in [1.165, 1.54) is 16.4 Å². The summed E-state index contributed by atoms with van der Waals surface area (Å²) in [7, 11) is -3.18. The molecule has 0 N–H and O–H groups in total. The third kappa shape index (κ3) is 2.68. The first-order chi connectivity index (χ1) is 10.4. The predicted molar refractivity (Wildman–Crippen MR) is 81.8 cm³/mol. The van der Waals surface area contributed by atoms with Crippen molar-refractivity contribution in [3.8, 4) is 0 Å². The van der Waals surface area contributed by atoms with E-state index in [-0.39, 0.29) is 17.6 Å². The third-order valence-corrected chi connectivity index (χ3v) is 5.78. The van der Waals surface area contributed by atoms with Crippen molar-refractivity contribution in [3.63, 3.8) is 0 Å². The van der Waals surface area contributed by atoms with Gasteiger partial charge in [0.25, 0.3) is 6.01 Å². The van der Waals surface area contributed by atoms with E-state index < -0.39 is 10.0 Å². The molecular formula is C14H18FN3O3S. The number of oxazole rings is 1. The highest BCUT2D eigenvalue weighted by molar-refractivity contribution is 7.89. The minimum Gasteiger partial charge on any atom is -0.423 e. The Bertz CT molecular complexity index is 790. The Morgan fingerprint density at radius 3 is 2.86 bits per heavy atom. The van der Waals surface area contributed by atoms with Crippen LogP contribution in [-0.4, -0.2) is 49.1 Å². The van der Waals surface area contributed by atoms with Gasteiger partial charge in [-0.2, -0.15) is 9.29 Å². The SMILES string of the molecule is CCS(=O)(=O)N1CCN(c2nc3ccc(F)cc3o2)[C@H](C)C1. The quantitative estimate of drug-likeness (QED) is 0.860. The molecule has 0 bridgehead atoms. The Hall–Kier alpha value is -1.67. The summed E-state index contributed by atoms with van der Waals surface area (Å²) in [5, 5.41) is 0. The Labute approximate surface area is 128 Å². The number of rotatable bonds is 3. The van der Waals surface area contributed by atoms with Gasteiger partial charge in [0.1, 0.15) is 11.3 Å². The second-order valence-electron chi connectivity index (χ2n) is 5.41. The Morgan fingerprint density at radius 2 is 2.18 bits per heavy atom. The van der Waals surface area contributed by atoms with Crippen molar-refractivity contribution in [1.29, 1.82) is 0 Å². The van der Waals surface area contributed by atoms with E-state index in [0.29, 0.717) is 36.7 Å². The largest absolute Gasteiger partial charge is 0.423 e. The summed E-state index contributed by atoms with van der Waals surface area (Å²) in [6.07, 6.45) is 0. The van der Waals surface area contributed by atoms with Crippen LogP contribution in [0.25, 0.3) is 11.1 Å². The molecule has 22 heavy (non-hydrogen) atoms. The minimum atomic E-state index is -3.18. The normalized spacial score (nSPS) is 20.7. The fourth-order valence-electron chi connectivity index (χ4n) is 2.65. The molecule has 1 atom stereocenters. The molecule has 1 saturated heterocycles. The molecule has 2 aromatic rings. The molecule has 120 valence electrons. The van der Waals surface area contributed by atoms with E-state index >= 15 is 0 Å². The van der Waals surface area contributed by atoms with Crippen LogP contribution in [0.3, 0.4) is 0 Å². The summed E-state index contributed by atoms with van der Waals surface area (Å²) in [5.74, 6) is -0.274. The fraction of sp³-hybridized carbons (Fsp3) is 0.500. The van der Waals surface area contributed by atoms with Crippen molar-refractivity contribution in [2.45, 2.75) is 19.9 Å². The molecular weight excluding hydrogens is 309 g/mol. The maximum absolute atomic E-state index is 13.2. The molecule has 1 aromatic heterocycles. The number of piperazine rings is 1. The Morgan fingerprint density at radius 1 is 1.41 bits per heavy atom. The molecule has 1 aliphatic heterocycles. The molecule has 1 aromatic carbocycles.